The Bertz CT molecular complexity index is 797. The van der Waals surface area contributed by atoms with E-state index in [1.54, 1.807) is 18.2 Å². The molecular weight excluding hydrogens is 356 g/mol. The van der Waals surface area contributed by atoms with Crippen LogP contribution in [0.3, 0.4) is 0 Å². The van der Waals surface area contributed by atoms with Crippen LogP contribution in [0.25, 0.3) is 11.3 Å². The van der Waals surface area contributed by atoms with Gasteiger partial charge in [0.05, 0.1) is 18.2 Å². The average molecular weight is 382 g/mol. The maximum Gasteiger partial charge on any atom is 0.224 e. The molecule has 7 nitrogen and oxygen atoms in total. The van der Waals surface area contributed by atoms with Gasteiger partial charge in [0.15, 0.2) is 0 Å². The Morgan fingerprint density at radius 3 is 2.89 bits per heavy atom. The molecule has 1 aliphatic heterocycles. The van der Waals surface area contributed by atoms with E-state index < -0.39 is 0 Å². The Balaban J connectivity index is 1.49. The second kappa shape index (κ2) is 9.94. The number of benzene rings is 1. The van der Waals surface area contributed by atoms with Gasteiger partial charge >= 0.3 is 0 Å². The molecule has 0 radical (unpaired) electrons. The van der Waals surface area contributed by atoms with Crippen molar-refractivity contribution in [2.24, 2.45) is 5.92 Å². The third kappa shape index (κ3) is 5.36. The zero-order chi connectivity index (χ0) is 19.8. The number of methoxy groups -OCH3 is 1. The predicted octanol–water partition coefficient (Wildman–Crippen LogP) is 1.69. The van der Waals surface area contributed by atoms with Crippen LogP contribution in [-0.4, -0.2) is 60.0 Å². The van der Waals surface area contributed by atoms with Crippen molar-refractivity contribution in [2.45, 2.75) is 19.3 Å². The number of carbonyl (C=O) groups excluding carboxylic acids is 2. The monoisotopic (exact) mass is 382 g/mol. The fourth-order valence-electron chi connectivity index (χ4n) is 3.28. The molecule has 1 N–H and O–H groups in total. The van der Waals surface area contributed by atoms with Gasteiger partial charge < -0.3 is 15.0 Å². The van der Waals surface area contributed by atoms with Gasteiger partial charge in [-0.25, -0.2) is 9.97 Å². The van der Waals surface area contributed by atoms with Crippen molar-refractivity contribution in [1.82, 2.24) is 20.2 Å². The Kier molecular flexibility index (Phi) is 7.08. The molecule has 1 fully saturated rings. The number of hydrogen-bond donors (Lipinski definition) is 1. The number of hydrogen-bond acceptors (Lipinski definition) is 5. The smallest absolute Gasteiger partial charge is 0.224 e. The first-order valence-corrected chi connectivity index (χ1v) is 9.59. The Morgan fingerprint density at radius 2 is 2.11 bits per heavy atom. The molecule has 1 aliphatic rings. The van der Waals surface area contributed by atoms with E-state index in [1.165, 1.54) is 0 Å². The van der Waals surface area contributed by atoms with Crippen LogP contribution in [0.5, 0.6) is 0 Å². The molecule has 1 atom stereocenters. The van der Waals surface area contributed by atoms with Crippen LogP contribution in [0.15, 0.2) is 42.6 Å². The predicted molar refractivity (Wildman–Crippen MR) is 105 cm³/mol. The SMILES string of the molecule is COCCN1C[C@H](C(=O)NCCc2nccc(-c3ccccc3)n2)CCC1=O. The van der Waals surface area contributed by atoms with Crippen LogP contribution in [-0.2, 0) is 20.7 Å². The van der Waals surface area contributed by atoms with Gasteiger partial charge in [-0.1, -0.05) is 30.3 Å². The molecule has 1 aromatic carbocycles. The molecule has 7 heteroatoms. The standard InChI is InChI=1S/C21H26N4O3/c1-28-14-13-25-15-17(7-8-20(25)26)21(27)23-12-10-19-22-11-9-18(24-19)16-5-3-2-4-6-16/h2-6,9,11,17H,7-8,10,12-15H2,1H3,(H,23,27)/t17-/m1/s1. The molecule has 1 saturated heterocycles. The van der Waals surface area contributed by atoms with Crippen molar-refractivity contribution in [3.63, 3.8) is 0 Å². The lowest BCUT2D eigenvalue weighted by molar-refractivity contribution is -0.138. The summed E-state index contributed by atoms with van der Waals surface area (Å²) in [5.74, 6) is 0.592. The summed E-state index contributed by atoms with van der Waals surface area (Å²) in [6.45, 7) is 1.93. The lowest BCUT2D eigenvalue weighted by Crippen LogP contribution is -2.47. The van der Waals surface area contributed by atoms with Crippen LogP contribution in [0, 0.1) is 5.92 Å². The highest BCUT2D eigenvalue weighted by Crippen LogP contribution is 2.18. The summed E-state index contributed by atoms with van der Waals surface area (Å²) in [7, 11) is 1.60. The van der Waals surface area contributed by atoms with Crippen LogP contribution in [0.1, 0.15) is 18.7 Å². The Hall–Kier alpha value is -2.80. The number of likely N-dealkylation sites (tertiary alicyclic amines) is 1. The van der Waals surface area contributed by atoms with Gasteiger partial charge in [0.25, 0.3) is 0 Å². The van der Waals surface area contributed by atoms with Gasteiger partial charge in [-0.3, -0.25) is 9.59 Å². The molecule has 0 aliphatic carbocycles. The van der Waals surface area contributed by atoms with E-state index in [0.717, 1.165) is 11.3 Å². The quantitative estimate of drug-likeness (QED) is 0.751. The largest absolute Gasteiger partial charge is 0.383 e. The lowest BCUT2D eigenvalue weighted by atomic mass is 9.96. The van der Waals surface area contributed by atoms with Crippen molar-refractivity contribution in [3.8, 4) is 11.3 Å². The third-order valence-corrected chi connectivity index (χ3v) is 4.86. The second-order valence-electron chi connectivity index (χ2n) is 6.83. The normalized spacial score (nSPS) is 16.8. The number of rotatable bonds is 8. The van der Waals surface area contributed by atoms with E-state index in [9.17, 15) is 9.59 Å². The van der Waals surface area contributed by atoms with E-state index in [-0.39, 0.29) is 17.7 Å². The zero-order valence-corrected chi connectivity index (χ0v) is 16.1. The fourth-order valence-corrected chi connectivity index (χ4v) is 3.28. The van der Waals surface area contributed by atoms with Crippen LogP contribution in [0.4, 0.5) is 0 Å². The minimum absolute atomic E-state index is 0.0193. The van der Waals surface area contributed by atoms with E-state index >= 15 is 0 Å². The molecule has 3 rings (SSSR count). The number of ether oxygens (including phenoxy) is 1. The van der Waals surface area contributed by atoms with Gasteiger partial charge in [-0.2, -0.15) is 0 Å². The molecule has 1 aromatic heterocycles. The van der Waals surface area contributed by atoms with Crippen molar-refractivity contribution >= 4 is 11.8 Å². The first-order chi connectivity index (χ1) is 13.7. The molecule has 0 spiro atoms. The van der Waals surface area contributed by atoms with Crippen molar-refractivity contribution < 1.29 is 14.3 Å². The first-order valence-electron chi connectivity index (χ1n) is 9.59. The molecule has 28 heavy (non-hydrogen) atoms. The van der Waals surface area contributed by atoms with Gasteiger partial charge in [0.2, 0.25) is 11.8 Å². The second-order valence-corrected chi connectivity index (χ2v) is 6.83. The molecule has 2 amide bonds. The minimum atomic E-state index is -0.175. The summed E-state index contributed by atoms with van der Waals surface area (Å²) in [4.78, 5) is 35.0. The van der Waals surface area contributed by atoms with Crippen LogP contribution >= 0.6 is 0 Å². The summed E-state index contributed by atoms with van der Waals surface area (Å²) in [5.41, 5.74) is 1.91. The molecule has 2 aromatic rings. The van der Waals surface area contributed by atoms with E-state index in [0.29, 0.717) is 51.3 Å². The number of carbonyl (C=O) groups is 2. The van der Waals surface area contributed by atoms with Crippen molar-refractivity contribution in [1.29, 1.82) is 0 Å². The number of nitrogens with one attached hydrogen (secondary N) is 1. The number of aromatic nitrogens is 2. The topological polar surface area (TPSA) is 84.4 Å². The van der Waals surface area contributed by atoms with Crippen LogP contribution < -0.4 is 5.32 Å². The van der Waals surface area contributed by atoms with E-state index in [4.69, 9.17) is 4.74 Å². The molecule has 0 saturated carbocycles. The van der Waals surface area contributed by atoms with Gasteiger partial charge in [-0.15, -0.1) is 0 Å². The van der Waals surface area contributed by atoms with Crippen molar-refractivity contribution in [2.75, 3.05) is 33.4 Å². The average Bonchev–Trinajstić information content (AvgIpc) is 2.74. The molecule has 2 heterocycles. The highest BCUT2D eigenvalue weighted by atomic mass is 16.5. The highest BCUT2D eigenvalue weighted by molar-refractivity contribution is 5.83. The lowest BCUT2D eigenvalue weighted by Gasteiger charge is -2.31. The number of amides is 2. The van der Waals surface area contributed by atoms with Gasteiger partial charge in [0, 0.05) is 51.3 Å². The minimum Gasteiger partial charge on any atom is -0.383 e. The third-order valence-electron chi connectivity index (χ3n) is 4.86. The maximum absolute atomic E-state index is 12.5. The highest BCUT2D eigenvalue weighted by Gasteiger charge is 2.29. The van der Waals surface area contributed by atoms with E-state index in [2.05, 4.69) is 15.3 Å². The van der Waals surface area contributed by atoms with Gasteiger partial charge in [0.1, 0.15) is 5.82 Å². The summed E-state index contributed by atoms with van der Waals surface area (Å²) in [6.07, 6.45) is 3.30. The molecule has 148 valence electrons. The van der Waals surface area contributed by atoms with Gasteiger partial charge in [-0.05, 0) is 12.5 Å². The Labute approximate surface area is 165 Å². The van der Waals surface area contributed by atoms with Crippen LogP contribution in [0.2, 0.25) is 0 Å². The maximum atomic E-state index is 12.5. The number of piperidine rings is 1. The summed E-state index contributed by atoms with van der Waals surface area (Å²) >= 11 is 0. The zero-order valence-electron chi connectivity index (χ0n) is 16.1. The number of nitrogens with zero attached hydrogens (tertiary/aromatic N) is 3. The summed E-state index contributed by atoms with van der Waals surface area (Å²) in [6, 6.07) is 11.8. The fraction of sp³-hybridized carbons (Fsp3) is 0.429. The Morgan fingerprint density at radius 1 is 1.29 bits per heavy atom. The molecule has 0 unspecified atom stereocenters. The first kappa shape index (κ1) is 19.9. The van der Waals surface area contributed by atoms with Crippen molar-refractivity contribution in [3.05, 3.63) is 48.4 Å². The summed E-state index contributed by atoms with van der Waals surface area (Å²) in [5, 5.41) is 2.96. The molecule has 0 bridgehead atoms. The molecular formula is C21H26N4O3. The summed E-state index contributed by atoms with van der Waals surface area (Å²) < 4.78 is 5.04. The van der Waals surface area contributed by atoms with E-state index in [1.807, 2.05) is 36.4 Å².